The van der Waals surface area contributed by atoms with E-state index in [1.54, 1.807) is 13.8 Å². The first-order chi connectivity index (χ1) is 13.3. The molecule has 0 radical (unpaired) electrons. The maximum Gasteiger partial charge on any atom is 0.343 e. The Labute approximate surface area is 168 Å². The number of esters is 3. The molecular formula is C20H26O9. The Hall–Kier alpha value is -2.23. The van der Waals surface area contributed by atoms with Crippen LogP contribution in [0.25, 0.3) is 0 Å². The molecule has 0 unspecified atom stereocenters. The quantitative estimate of drug-likeness (QED) is 0.514. The van der Waals surface area contributed by atoms with E-state index in [0.717, 1.165) is 0 Å². The average Bonchev–Trinajstić information content (AvgIpc) is 3.06. The van der Waals surface area contributed by atoms with Gasteiger partial charge in [0, 0.05) is 31.8 Å². The average molecular weight is 410 g/mol. The third-order valence-electron chi connectivity index (χ3n) is 5.97. The van der Waals surface area contributed by atoms with Crippen molar-refractivity contribution in [2.45, 2.75) is 70.6 Å². The smallest absolute Gasteiger partial charge is 0.343 e. The molecule has 3 rings (SSSR count). The van der Waals surface area contributed by atoms with E-state index in [1.807, 2.05) is 0 Å². The van der Waals surface area contributed by atoms with Crippen LogP contribution in [0.1, 0.15) is 47.5 Å². The van der Waals surface area contributed by atoms with E-state index in [2.05, 4.69) is 0 Å². The van der Waals surface area contributed by atoms with Crippen LogP contribution in [0.2, 0.25) is 0 Å². The van der Waals surface area contributed by atoms with Gasteiger partial charge in [-0.1, -0.05) is 6.92 Å². The fourth-order valence-corrected chi connectivity index (χ4v) is 4.09. The lowest BCUT2D eigenvalue weighted by atomic mass is 9.75. The highest BCUT2D eigenvalue weighted by molar-refractivity contribution is 5.95. The van der Waals surface area contributed by atoms with Crippen molar-refractivity contribution < 1.29 is 43.5 Å². The van der Waals surface area contributed by atoms with Gasteiger partial charge < -0.3 is 29.2 Å². The molecule has 0 saturated carbocycles. The number of ether oxygens (including phenoxy) is 4. The van der Waals surface area contributed by atoms with E-state index in [4.69, 9.17) is 18.9 Å². The third-order valence-corrected chi connectivity index (χ3v) is 5.97. The molecule has 3 heterocycles. The highest BCUT2D eigenvalue weighted by Gasteiger charge is 2.61. The van der Waals surface area contributed by atoms with Crippen molar-refractivity contribution >= 4 is 17.9 Å². The lowest BCUT2D eigenvalue weighted by Gasteiger charge is -2.44. The number of carbonyl (C=O) groups is 3. The van der Waals surface area contributed by atoms with E-state index in [-0.39, 0.29) is 29.9 Å². The molecule has 9 heteroatoms. The molecule has 9 nitrogen and oxygen atoms in total. The van der Waals surface area contributed by atoms with Gasteiger partial charge in [-0.25, -0.2) is 4.79 Å². The normalized spacial score (nSPS) is 40.8. The van der Waals surface area contributed by atoms with E-state index >= 15 is 0 Å². The second-order valence-corrected chi connectivity index (χ2v) is 8.24. The van der Waals surface area contributed by atoms with Gasteiger partial charge >= 0.3 is 17.9 Å². The van der Waals surface area contributed by atoms with Crippen molar-refractivity contribution in [3.05, 3.63) is 23.0 Å². The third kappa shape index (κ3) is 3.58. The summed E-state index contributed by atoms with van der Waals surface area (Å²) in [4.78, 5) is 35.7. The molecule has 2 bridgehead atoms. The molecular weight excluding hydrogens is 384 g/mol. The highest BCUT2D eigenvalue weighted by Crippen LogP contribution is 2.51. The van der Waals surface area contributed by atoms with Gasteiger partial charge in [0.1, 0.15) is 24.1 Å². The SMILES string of the molecule is CC(=O)OCC1=C2/C(=C\[C@]3(C)CC[C@@](O)(O3)[C@@](C)(O)[C@@H](C)[C@H]2OC(C)=O)OC1=O. The van der Waals surface area contributed by atoms with Gasteiger partial charge in [-0.2, -0.15) is 0 Å². The lowest BCUT2D eigenvalue weighted by molar-refractivity contribution is -0.311. The topological polar surface area (TPSA) is 129 Å². The number of hydrogen-bond donors (Lipinski definition) is 2. The Morgan fingerprint density at radius 3 is 2.45 bits per heavy atom. The summed E-state index contributed by atoms with van der Waals surface area (Å²) in [5, 5.41) is 22.4. The maximum atomic E-state index is 12.5. The van der Waals surface area contributed by atoms with Crippen molar-refractivity contribution in [2.24, 2.45) is 5.92 Å². The zero-order chi connectivity index (χ0) is 21.8. The molecule has 5 atom stereocenters. The van der Waals surface area contributed by atoms with Crippen LogP contribution in [0, 0.1) is 5.92 Å². The van der Waals surface area contributed by atoms with Crippen LogP contribution in [-0.4, -0.2) is 57.8 Å². The number of aliphatic hydroxyl groups is 2. The van der Waals surface area contributed by atoms with Gasteiger partial charge in [-0.15, -0.1) is 0 Å². The van der Waals surface area contributed by atoms with Crippen LogP contribution >= 0.6 is 0 Å². The Bertz CT molecular complexity index is 824. The summed E-state index contributed by atoms with van der Waals surface area (Å²) in [6.45, 7) is 6.68. The van der Waals surface area contributed by atoms with E-state index in [0.29, 0.717) is 6.42 Å². The molecule has 0 spiro atoms. The number of rotatable bonds is 3. The summed E-state index contributed by atoms with van der Waals surface area (Å²) in [5.41, 5.74) is -2.69. The Kier molecular flexibility index (Phi) is 5.13. The highest BCUT2D eigenvalue weighted by atomic mass is 16.7. The molecule has 0 amide bonds. The van der Waals surface area contributed by atoms with Gasteiger partial charge in [0.25, 0.3) is 0 Å². The number of fused-ring (bicyclic) bond motifs is 3. The van der Waals surface area contributed by atoms with Gasteiger partial charge in [0.05, 0.1) is 11.2 Å². The minimum atomic E-state index is -1.91. The molecule has 0 aliphatic carbocycles. The predicted octanol–water partition coefficient (Wildman–Crippen LogP) is 0.877. The molecule has 0 aromatic rings. The molecule has 1 saturated heterocycles. The standard InChI is InChI=1S/C20H26O9/c1-10-16(27-12(3)22)15-13(9-26-11(2)21)17(23)28-14(15)8-18(4)6-7-20(25,29-18)19(10,5)24/h8,10,16,24-25H,6-7,9H2,1-5H3/b14-8+/t10-,16+,18-,19-,20+/m0/s1. The first-order valence-electron chi connectivity index (χ1n) is 9.43. The van der Waals surface area contributed by atoms with Crippen LogP contribution in [0.3, 0.4) is 0 Å². The van der Waals surface area contributed by atoms with Crippen molar-refractivity contribution in [3.8, 4) is 0 Å². The fourth-order valence-electron chi connectivity index (χ4n) is 4.09. The van der Waals surface area contributed by atoms with Crippen LogP contribution in [0.4, 0.5) is 0 Å². The molecule has 2 N–H and O–H groups in total. The largest absolute Gasteiger partial charge is 0.461 e. The van der Waals surface area contributed by atoms with E-state index < -0.39 is 46.9 Å². The molecule has 3 aliphatic heterocycles. The minimum Gasteiger partial charge on any atom is -0.461 e. The van der Waals surface area contributed by atoms with Crippen molar-refractivity contribution in [3.63, 3.8) is 0 Å². The van der Waals surface area contributed by atoms with Crippen molar-refractivity contribution in [1.29, 1.82) is 0 Å². The van der Waals surface area contributed by atoms with E-state index in [1.165, 1.54) is 26.8 Å². The zero-order valence-corrected chi connectivity index (χ0v) is 17.1. The fraction of sp³-hybridized carbons (Fsp3) is 0.650. The number of carbonyl (C=O) groups excluding carboxylic acids is 3. The van der Waals surface area contributed by atoms with Crippen molar-refractivity contribution in [1.82, 2.24) is 0 Å². The zero-order valence-electron chi connectivity index (χ0n) is 17.1. The summed E-state index contributed by atoms with van der Waals surface area (Å²) in [5.74, 6) is -4.71. The predicted molar refractivity (Wildman–Crippen MR) is 96.8 cm³/mol. The second-order valence-electron chi connectivity index (χ2n) is 8.24. The summed E-state index contributed by atoms with van der Waals surface area (Å²) < 4.78 is 21.7. The van der Waals surface area contributed by atoms with Gasteiger partial charge in [0.15, 0.2) is 5.79 Å². The molecule has 1 fully saturated rings. The summed E-state index contributed by atoms with van der Waals surface area (Å²) >= 11 is 0. The summed E-state index contributed by atoms with van der Waals surface area (Å²) in [6.07, 6.45) is 0.869. The monoisotopic (exact) mass is 410 g/mol. The Morgan fingerprint density at radius 2 is 1.86 bits per heavy atom. The molecule has 160 valence electrons. The van der Waals surface area contributed by atoms with Crippen LogP contribution < -0.4 is 0 Å². The van der Waals surface area contributed by atoms with Crippen molar-refractivity contribution in [2.75, 3.05) is 6.61 Å². The first kappa shape index (κ1) is 21.5. The summed E-state index contributed by atoms with van der Waals surface area (Å²) in [6, 6.07) is 0. The molecule has 0 aromatic carbocycles. The van der Waals surface area contributed by atoms with E-state index in [9.17, 15) is 24.6 Å². The van der Waals surface area contributed by atoms with Gasteiger partial charge in [0.2, 0.25) is 0 Å². The van der Waals surface area contributed by atoms with Gasteiger partial charge in [-0.3, -0.25) is 9.59 Å². The van der Waals surface area contributed by atoms with Crippen LogP contribution in [0.15, 0.2) is 23.0 Å². The Morgan fingerprint density at radius 1 is 1.21 bits per heavy atom. The molecule has 3 aliphatic rings. The molecule has 29 heavy (non-hydrogen) atoms. The summed E-state index contributed by atoms with van der Waals surface area (Å²) in [7, 11) is 0. The first-order valence-corrected chi connectivity index (χ1v) is 9.43. The Balaban J connectivity index is 2.23. The number of hydrogen-bond acceptors (Lipinski definition) is 9. The second kappa shape index (κ2) is 6.93. The minimum absolute atomic E-state index is 0.00807. The molecule has 0 aromatic heterocycles. The van der Waals surface area contributed by atoms with Gasteiger partial charge in [-0.05, 0) is 26.3 Å². The maximum absolute atomic E-state index is 12.5. The van der Waals surface area contributed by atoms with Crippen LogP contribution in [0.5, 0.6) is 0 Å². The lowest BCUT2D eigenvalue weighted by Crippen LogP contribution is -2.59. The van der Waals surface area contributed by atoms with Crippen LogP contribution in [-0.2, 0) is 33.3 Å².